The Kier molecular flexibility index (Phi) is 10.9. The van der Waals surface area contributed by atoms with Crippen LogP contribution in [0.2, 0.25) is 0 Å². The smallest absolute Gasteiger partial charge is 0.191 e. The van der Waals surface area contributed by atoms with Crippen LogP contribution in [0, 0.1) is 12.8 Å². The van der Waals surface area contributed by atoms with Crippen molar-refractivity contribution in [1.29, 1.82) is 0 Å². The average molecular weight is 535 g/mol. The predicted octanol–water partition coefficient (Wildman–Crippen LogP) is 5.01. The Balaban J connectivity index is 0.00000341. The second-order valence-electron chi connectivity index (χ2n) is 7.62. The highest BCUT2D eigenvalue weighted by atomic mass is 127. The minimum Gasteiger partial charge on any atom is -0.489 e. The monoisotopic (exact) mass is 535 g/mol. The van der Waals surface area contributed by atoms with Gasteiger partial charge < -0.3 is 20.1 Å². The molecule has 2 aromatic carbocycles. The standard InChI is InChI=1S/C25H33N3O2.HI/c1-4-15-29-23-10-6-5-8-21(23)17-27-25(26-3)28-18-22-9-7-16-30-24(22)20-13-11-19(2)12-14-20;/h4-6,8,10-14,22,24H,1,7,9,15-18H2,2-3H3,(H2,26,27,28);1H. The van der Waals surface area contributed by atoms with Gasteiger partial charge in [-0.1, -0.05) is 60.7 Å². The van der Waals surface area contributed by atoms with Gasteiger partial charge >= 0.3 is 0 Å². The summed E-state index contributed by atoms with van der Waals surface area (Å²) in [6.07, 6.45) is 4.11. The molecule has 0 spiro atoms. The summed E-state index contributed by atoms with van der Waals surface area (Å²) in [7, 11) is 1.80. The van der Waals surface area contributed by atoms with E-state index in [9.17, 15) is 0 Å². The van der Waals surface area contributed by atoms with Gasteiger partial charge in [-0.25, -0.2) is 0 Å². The lowest BCUT2D eigenvalue weighted by Crippen LogP contribution is -2.41. The summed E-state index contributed by atoms with van der Waals surface area (Å²) in [5.74, 6) is 2.05. The number of aryl methyl sites for hydroxylation is 1. The van der Waals surface area contributed by atoms with Gasteiger partial charge in [0.1, 0.15) is 12.4 Å². The van der Waals surface area contributed by atoms with E-state index in [1.54, 1.807) is 13.1 Å². The van der Waals surface area contributed by atoms with E-state index in [1.807, 2.05) is 18.2 Å². The number of hydrogen-bond acceptors (Lipinski definition) is 3. The van der Waals surface area contributed by atoms with Gasteiger partial charge in [-0.3, -0.25) is 4.99 Å². The molecular formula is C25H34IN3O2. The molecule has 1 saturated heterocycles. The van der Waals surface area contributed by atoms with Gasteiger partial charge in [-0.15, -0.1) is 24.0 Å². The number of rotatable bonds is 8. The molecular weight excluding hydrogens is 501 g/mol. The number of nitrogens with zero attached hydrogens (tertiary/aromatic N) is 1. The molecule has 1 heterocycles. The summed E-state index contributed by atoms with van der Waals surface area (Å²) >= 11 is 0. The number of benzene rings is 2. The number of hydrogen-bond donors (Lipinski definition) is 2. The van der Waals surface area contributed by atoms with Gasteiger partial charge in [0.25, 0.3) is 0 Å². The first-order valence-corrected chi connectivity index (χ1v) is 10.7. The lowest BCUT2D eigenvalue weighted by atomic mass is 9.89. The summed E-state index contributed by atoms with van der Waals surface area (Å²) in [4.78, 5) is 4.39. The highest BCUT2D eigenvalue weighted by Crippen LogP contribution is 2.33. The minimum atomic E-state index is 0. The first kappa shape index (κ1) is 25.2. The summed E-state index contributed by atoms with van der Waals surface area (Å²) in [5, 5.41) is 6.88. The number of ether oxygens (including phenoxy) is 2. The Morgan fingerprint density at radius 1 is 1.19 bits per heavy atom. The van der Waals surface area contributed by atoms with Crippen molar-refractivity contribution in [2.45, 2.75) is 32.4 Å². The van der Waals surface area contributed by atoms with Crippen molar-refractivity contribution in [2.75, 3.05) is 26.8 Å². The normalized spacial score (nSPS) is 18.6. The molecule has 0 aromatic heterocycles. The molecule has 3 rings (SSSR count). The van der Waals surface area contributed by atoms with Gasteiger partial charge in [0, 0.05) is 38.2 Å². The summed E-state index contributed by atoms with van der Waals surface area (Å²) in [6, 6.07) is 16.7. The highest BCUT2D eigenvalue weighted by Gasteiger charge is 2.27. The third-order valence-corrected chi connectivity index (χ3v) is 5.38. The summed E-state index contributed by atoms with van der Waals surface area (Å²) in [6.45, 7) is 8.59. The van der Waals surface area contributed by atoms with Crippen molar-refractivity contribution in [3.05, 3.63) is 77.9 Å². The molecule has 31 heavy (non-hydrogen) atoms. The fraction of sp³-hybridized carbons (Fsp3) is 0.400. The molecule has 0 aliphatic carbocycles. The Morgan fingerprint density at radius 2 is 1.97 bits per heavy atom. The Labute approximate surface area is 203 Å². The Morgan fingerprint density at radius 3 is 2.71 bits per heavy atom. The van der Waals surface area contributed by atoms with E-state index in [0.717, 1.165) is 43.3 Å². The minimum absolute atomic E-state index is 0. The number of nitrogens with one attached hydrogen (secondary N) is 2. The molecule has 2 unspecified atom stereocenters. The number of guanidine groups is 1. The van der Waals surface area contributed by atoms with Crippen LogP contribution in [0.5, 0.6) is 5.75 Å². The molecule has 1 aliphatic heterocycles. The Hall–Kier alpha value is -2.06. The molecule has 5 nitrogen and oxygen atoms in total. The van der Waals surface area contributed by atoms with Crippen LogP contribution in [0.1, 0.15) is 35.6 Å². The van der Waals surface area contributed by atoms with E-state index in [2.05, 4.69) is 59.5 Å². The van der Waals surface area contributed by atoms with Crippen LogP contribution in [-0.2, 0) is 11.3 Å². The second-order valence-corrected chi connectivity index (χ2v) is 7.62. The van der Waals surface area contributed by atoms with Gasteiger partial charge in [0.05, 0.1) is 6.10 Å². The number of halogens is 1. The molecule has 2 atom stereocenters. The quantitative estimate of drug-likeness (QED) is 0.216. The molecule has 0 amide bonds. The largest absolute Gasteiger partial charge is 0.489 e. The third kappa shape index (κ3) is 7.54. The van der Waals surface area contributed by atoms with E-state index in [-0.39, 0.29) is 30.1 Å². The van der Waals surface area contributed by atoms with Crippen LogP contribution in [0.4, 0.5) is 0 Å². The van der Waals surface area contributed by atoms with E-state index in [1.165, 1.54) is 11.1 Å². The SMILES string of the molecule is C=CCOc1ccccc1CNC(=NC)NCC1CCCOC1c1ccc(C)cc1.I. The zero-order valence-electron chi connectivity index (χ0n) is 18.5. The van der Waals surface area contributed by atoms with E-state index in [4.69, 9.17) is 9.47 Å². The van der Waals surface area contributed by atoms with Crippen LogP contribution >= 0.6 is 24.0 Å². The molecule has 0 radical (unpaired) electrons. The highest BCUT2D eigenvalue weighted by molar-refractivity contribution is 14.0. The topological polar surface area (TPSA) is 54.9 Å². The van der Waals surface area contributed by atoms with Crippen LogP contribution in [-0.4, -0.2) is 32.8 Å². The molecule has 168 valence electrons. The van der Waals surface area contributed by atoms with Crippen molar-refractivity contribution in [3.63, 3.8) is 0 Å². The molecule has 2 N–H and O–H groups in total. The molecule has 1 fully saturated rings. The molecule has 1 aliphatic rings. The second kappa shape index (κ2) is 13.4. The molecule has 2 aromatic rings. The van der Waals surface area contributed by atoms with Crippen molar-refractivity contribution < 1.29 is 9.47 Å². The fourth-order valence-electron chi connectivity index (χ4n) is 3.74. The van der Waals surface area contributed by atoms with Crippen molar-refractivity contribution >= 4 is 29.9 Å². The van der Waals surface area contributed by atoms with Crippen LogP contribution in [0.3, 0.4) is 0 Å². The van der Waals surface area contributed by atoms with Crippen LogP contribution in [0.15, 0.2) is 66.2 Å². The van der Waals surface area contributed by atoms with Crippen molar-refractivity contribution in [1.82, 2.24) is 10.6 Å². The summed E-state index contributed by atoms with van der Waals surface area (Å²) in [5.41, 5.74) is 3.61. The van der Waals surface area contributed by atoms with E-state index < -0.39 is 0 Å². The lowest BCUT2D eigenvalue weighted by Gasteiger charge is -2.32. The number of aliphatic imine (C=N–C) groups is 1. The van der Waals surface area contributed by atoms with Crippen LogP contribution in [0.25, 0.3) is 0 Å². The van der Waals surface area contributed by atoms with Crippen LogP contribution < -0.4 is 15.4 Å². The zero-order chi connectivity index (χ0) is 21.2. The first-order chi connectivity index (χ1) is 14.7. The predicted molar refractivity (Wildman–Crippen MR) is 138 cm³/mol. The van der Waals surface area contributed by atoms with Gasteiger partial charge in [0.2, 0.25) is 0 Å². The molecule has 6 heteroatoms. The fourth-order valence-corrected chi connectivity index (χ4v) is 3.74. The maximum atomic E-state index is 6.14. The maximum absolute atomic E-state index is 6.14. The van der Waals surface area contributed by atoms with Crippen molar-refractivity contribution in [3.8, 4) is 5.75 Å². The average Bonchev–Trinajstić information content (AvgIpc) is 2.79. The maximum Gasteiger partial charge on any atom is 0.191 e. The molecule has 0 bridgehead atoms. The van der Waals surface area contributed by atoms with Gasteiger partial charge in [0.15, 0.2) is 5.96 Å². The summed E-state index contributed by atoms with van der Waals surface area (Å²) < 4.78 is 11.9. The number of para-hydroxylation sites is 1. The molecule has 0 saturated carbocycles. The zero-order valence-corrected chi connectivity index (χ0v) is 20.8. The Bertz CT molecular complexity index is 839. The van der Waals surface area contributed by atoms with Gasteiger partial charge in [-0.05, 0) is 31.4 Å². The third-order valence-electron chi connectivity index (χ3n) is 5.38. The van der Waals surface area contributed by atoms with E-state index >= 15 is 0 Å². The van der Waals surface area contributed by atoms with Crippen molar-refractivity contribution in [2.24, 2.45) is 10.9 Å². The first-order valence-electron chi connectivity index (χ1n) is 10.7. The lowest BCUT2D eigenvalue weighted by molar-refractivity contribution is -0.0265. The van der Waals surface area contributed by atoms with Gasteiger partial charge in [-0.2, -0.15) is 0 Å². The van der Waals surface area contributed by atoms with E-state index in [0.29, 0.717) is 19.1 Å².